The number of aryl methyl sites for hydroxylation is 1. The van der Waals surface area contributed by atoms with Gasteiger partial charge < -0.3 is 8.97 Å². The summed E-state index contributed by atoms with van der Waals surface area (Å²) in [6.45, 7) is 0. The van der Waals surface area contributed by atoms with E-state index in [-0.39, 0.29) is 22.1 Å². The maximum Gasteiger partial charge on any atom is 0.190 e. The van der Waals surface area contributed by atoms with Crippen molar-refractivity contribution in [2.75, 3.05) is 0 Å². The van der Waals surface area contributed by atoms with E-state index in [2.05, 4.69) is 4.98 Å². The van der Waals surface area contributed by atoms with Gasteiger partial charge in [0.15, 0.2) is 5.43 Å². The van der Waals surface area contributed by atoms with Gasteiger partial charge >= 0.3 is 0 Å². The van der Waals surface area contributed by atoms with E-state index in [4.69, 9.17) is 0 Å². The molecule has 32 heavy (non-hydrogen) atoms. The lowest BCUT2D eigenvalue weighted by Gasteiger charge is -2.14. The Kier molecular flexibility index (Phi) is 4.66. The number of halogens is 3. The molecule has 0 bridgehead atoms. The number of imidazole rings is 1. The largest absolute Gasteiger partial charge is 0.334 e. The molecule has 4 nitrogen and oxygen atoms in total. The fourth-order valence-electron chi connectivity index (χ4n) is 3.94. The SMILES string of the molecule is Cn1cncc1-c1ccc(F)c(-c2c(=O)ccn3c(-c4ccc(F)cc4F)cccc23)c1. The summed E-state index contributed by atoms with van der Waals surface area (Å²) in [6.07, 6.45) is 4.79. The molecule has 0 radical (unpaired) electrons. The standard InChI is InChI=1S/C25H16F3N3O/c1-30-14-29-13-23(30)15-5-8-19(27)18(11-15)25-22-4-2-3-21(31(22)10-9-24(25)32)17-7-6-16(26)12-20(17)28/h2-14H,1H3. The summed E-state index contributed by atoms with van der Waals surface area (Å²) in [4.78, 5) is 17.0. The number of benzene rings is 2. The summed E-state index contributed by atoms with van der Waals surface area (Å²) in [7, 11) is 1.82. The highest BCUT2D eigenvalue weighted by molar-refractivity contribution is 5.84. The van der Waals surface area contributed by atoms with Crippen molar-refractivity contribution in [3.8, 4) is 33.6 Å². The second-order valence-electron chi connectivity index (χ2n) is 7.43. The monoisotopic (exact) mass is 431 g/mol. The Morgan fingerprint density at radius 3 is 2.44 bits per heavy atom. The Labute approximate surface area is 180 Å². The zero-order valence-corrected chi connectivity index (χ0v) is 16.9. The molecule has 158 valence electrons. The molecule has 0 saturated carbocycles. The normalized spacial score (nSPS) is 11.2. The molecule has 0 spiro atoms. The fraction of sp³-hybridized carbons (Fsp3) is 0.0400. The summed E-state index contributed by atoms with van der Waals surface area (Å²) < 4.78 is 46.3. The van der Waals surface area contributed by atoms with Crippen molar-refractivity contribution in [2.24, 2.45) is 7.05 Å². The number of fused-ring (bicyclic) bond motifs is 1. The number of hydrogen-bond donors (Lipinski definition) is 0. The minimum absolute atomic E-state index is 0.128. The second-order valence-corrected chi connectivity index (χ2v) is 7.43. The van der Waals surface area contributed by atoms with Gasteiger partial charge in [-0.1, -0.05) is 6.07 Å². The Morgan fingerprint density at radius 1 is 0.844 bits per heavy atom. The van der Waals surface area contributed by atoms with Crippen LogP contribution in [0.5, 0.6) is 0 Å². The summed E-state index contributed by atoms with van der Waals surface area (Å²) >= 11 is 0. The lowest BCUT2D eigenvalue weighted by atomic mass is 9.99. The predicted molar refractivity (Wildman–Crippen MR) is 117 cm³/mol. The first-order chi connectivity index (χ1) is 15.4. The van der Waals surface area contributed by atoms with Gasteiger partial charge in [0, 0.05) is 42.1 Å². The molecule has 7 heteroatoms. The Hall–Kier alpha value is -4.13. The second kappa shape index (κ2) is 7.53. The summed E-state index contributed by atoms with van der Waals surface area (Å²) in [5, 5.41) is 0. The average Bonchev–Trinajstić information content (AvgIpc) is 3.20. The van der Waals surface area contributed by atoms with Gasteiger partial charge in [0.2, 0.25) is 0 Å². The quantitative estimate of drug-likeness (QED) is 0.381. The molecule has 2 aromatic carbocycles. The highest BCUT2D eigenvalue weighted by Crippen LogP contribution is 2.32. The van der Waals surface area contributed by atoms with Gasteiger partial charge in [0.25, 0.3) is 0 Å². The van der Waals surface area contributed by atoms with Crippen molar-refractivity contribution < 1.29 is 13.2 Å². The zero-order chi connectivity index (χ0) is 22.4. The molecular weight excluding hydrogens is 415 g/mol. The van der Waals surface area contributed by atoms with Crippen LogP contribution in [0.3, 0.4) is 0 Å². The topological polar surface area (TPSA) is 39.3 Å². The van der Waals surface area contributed by atoms with Crippen molar-refractivity contribution in [3.05, 3.63) is 107 Å². The number of rotatable bonds is 3. The number of hydrogen-bond acceptors (Lipinski definition) is 2. The smallest absolute Gasteiger partial charge is 0.190 e. The van der Waals surface area contributed by atoms with Crippen LogP contribution in [0.4, 0.5) is 13.2 Å². The molecule has 0 fully saturated rings. The summed E-state index contributed by atoms with van der Waals surface area (Å²) in [5.41, 5.74) is 2.34. The van der Waals surface area contributed by atoms with Crippen molar-refractivity contribution in [1.29, 1.82) is 0 Å². The van der Waals surface area contributed by atoms with Crippen LogP contribution in [0, 0.1) is 17.5 Å². The van der Waals surface area contributed by atoms with Crippen molar-refractivity contribution >= 4 is 5.52 Å². The third-order valence-electron chi connectivity index (χ3n) is 5.46. The van der Waals surface area contributed by atoms with Gasteiger partial charge in [0.05, 0.1) is 35.0 Å². The van der Waals surface area contributed by atoms with E-state index in [0.717, 1.165) is 17.8 Å². The van der Waals surface area contributed by atoms with E-state index in [1.165, 1.54) is 24.4 Å². The maximum absolute atomic E-state index is 15.0. The van der Waals surface area contributed by atoms with E-state index in [1.807, 2.05) is 7.05 Å². The van der Waals surface area contributed by atoms with Crippen LogP contribution in [0.15, 0.2) is 84.2 Å². The van der Waals surface area contributed by atoms with Gasteiger partial charge in [-0.15, -0.1) is 0 Å². The Bertz CT molecular complexity index is 1550. The molecule has 3 aromatic heterocycles. The average molecular weight is 431 g/mol. The van der Waals surface area contributed by atoms with E-state index in [1.54, 1.807) is 51.8 Å². The van der Waals surface area contributed by atoms with Gasteiger partial charge in [-0.25, -0.2) is 18.2 Å². The van der Waals surface area contributed by atoms with Gasteiger partial charge in [-0.2, -0.15) is 0 Å². The molecule has 5 aromatic rings. The number of pyridine rings is 2. The van der Waals surface area contributed by atoms with Gasteiger partial charge in [0.1, 0.15) is 17.5 Å². The van der Waals surface area contributed by atoms with Crippen LogP contribution in [0.1, 0.15) is 0 Å². The molecule has 0 saturated heterocycles. The first kappa shape index (κ1) is 19.8. The minimum atomic E-state index is -0.734. The Morgan fingerprint density at radius 2 is 1.69 bits per heavy atom. The Balaban J connectivity index is 1.79. The molecule has 0 atom stereocenters. The third kappa shape index (κ3) is 3.19. The highest BCUT2D eigenvalue weighted by Gasteiger charge is 2.17. The maximum atomic E-state index is 15.0. The van der Waals surface area contributed by atoms with Crippen LogP contribution < -0.4 is 5.43 Å². The van der Waals surface area contributed by atoms with E-state index < -0.39 is 17.5 Å². The zero-order valence-electron chi connectivity index (χ0n) is 16.9. The van der Waals surface area contributed by atoms with Crippen molar-refractivity contribution in [1.82, 2.24) is 14.0 Å². The predicted octanol–water partition coefficient (Wildman–Crippen LogP) is 5.45. The van der Waals surface area contributed by atoms with Crippen LogP contribution >= 0.6 is 0 Å². The van der Waals surface area contributed by atoms with Gasteiger partial charge in [-0.05, 0) is 42.5 Å². The van der Waals surface area contributed by atoms with E-state index in [0.29, 0.717) is 16.8 Å². The molecule has 0 N–H and O–H groups in total. The first-order valence-electron chi connectivity index (χ1n) is 9.80. The number of nitrogens with zero attached hydrogens (tertiary/aromatic N) is 3. The third-order valence-corrected chi connectivity index (χ3v) is 5.46. The minimum Gasteiger partial charge on any atom is -0.334 e. The molecule has 0 amide bonds. The van der Waals surface area contributed by atoms with E-state index >= 15 is 0 Å². The molecule has 5 rings (SSSR count). The van der Waals surface area contributed by atoms with E-state index in [9.17, 15) is 18.0 Å². The highest BCUT2D eigenvalue weighted by atomic mass is 19.1. The van der Waals surface area contributed by atoms with Crippen LogP contribution in [-0.4, -0.2) is 14.0 Å². The van der Waals surface area contributed by atoms with Gasteiger partial charge in [-0.3, -0.25) is 4.79 Å². The fourth-order valence-corrected chi connectivity index (χ4v) is 3.94. The molecule has 0 aliphatic rings. The van der Waals surface area contributed by atoms with Crippen LogP contribution in [0.2, 0.25) is 0 Å². The lowest BCUT2D eigenvalue weighted by molar-refractivity contribution is 0.585. The van der Waals surface area contributed by atoms with Crippen LogP contribution in [-0.2, 0) is 7.05 Å². The van der Waals surface area contributed by atoms with Crippen LogP contribution in [0.25, 0.3) is 39.2 Å². The summed E-state index contributed by atoms with van der Waals surface area (Å²) in [5.74, 6) is -1.98. The molecular formula is C25H16F3N3O. The number of aromatic nitrogens is 3. The molecule has 0 aliphatic heterocycles. The molecule has 0 unspecified atom stereocenters. The molecule has 0 aliphatic carbocycles. The first-order valence-corrected chi connectivity index (χ1v) is 9.80. The lowest BCUT2D eigenvalue weighted by Crippen LogP contribution is -2.09. The molecule has 3 heterocycles. The van der Waals surface area contributed by atoms with Crippen molar-refractivity contribution in [3.63, 3.8) is 0 Å². The summed E-state index contributed by atoms with van der Waals surface area (Å²) in [6, 6.07) is 14.1. The van der Waals surface area contributed by atoms with Crippen molar-refractivity contribution in [2.45, 2.75) is 0 Å².